The second-order valence-corrected chi connectivity index (χ2v) is 4.65. The maximum Gasteiger partial charge on any atom is 0.0991 e. The number of rotatable bonds is 3. The summed E-state index contributed by atoms with van der Waals surface area (Å²) < 4.78 is 0. The Balaban J connectivity index is 2.18. The zero-order valence-corrected chi connectivity index (χ0v) is 11.2. The van der Waals surface area contributed by atoms with Gasteiger partial charge in [0.2, 0.25) is 0 Å². The fraction of sp³-hybridized carbons (Fsp3) is 0.188. The van der Waals surface area contributed by atoms with Crippen molar-refractivity contribution >= 4 is 11.4 Å². The molecule has 3 heteroatoms. The first-order valence-electron chi connectivity index (χ1n) is 6.17. The van der Waals surface area contributed by atoms with Crippen molar-refractivity contribution in [3.05, 3.63) is 59.2 Å². The Morgan fingerprint density at radius 3 is 2.47 bits per heavy atom. The van der Waals surface area contributed by atoms with Crippen LogP contribution in [0.25, 0.3) is 0 Å². The molecule has 2 rings (SSSR count). The van der Waals surface area contributed by atoms with E-state index in [2.05, 4.69) is 17.0 Å². The summed E-state index contributed by atoms with van der Waals surface area (Å²) >= 11 is 0. The molecule has 0 spiro atoms. The standard InChI is InChI=1S/C16H17N3/c1-12-14(4-3-5-16(12)18)11-19(2)15-8-6-13(10-17)7-9-15/h3-9H,11,18H2,1-2H3. The molecule has 0 unspecified atom stereocenters. The number of hydrogen-bond donors (Lipinski definition) is 1. The number of nitrogens with two attached hydrogens (primary N) is 1. The first-order chi connectivity index (χ1) is 9.11. The van der Waals surface area contributed by atoms with Crippen molar-refractivity contribution in [3.8, 4) is 6.07 Å². The molecule has 19 heavy (non-hydrogen) atoms. The van der Waals surface area contributed by atoms with Crippen molar-refractivity contribution in [2.24, 2.45) is 0 Å². The molecule has 0 heterocycles. The van der Waals surface area contributed by atoms with Crippen molar-refractivity contribution < 1.29 is 0 Å². The third-order valence-electron chi connectivity index (χ3n) is 3.33. The lowest BCUT2D eigenvalue weighted by Gasteiger charge is -2.21. The predicted octanol–water partition coefficient (Wildman–Crippen LogP) is 3.09. The van der Waals surface area contributed by atoms with Gasteiger partial charge in [0.15, 0.2) is 0 Å². The minimum atomic E-state index is 0.678. The van der Waals surface area contributed by atoms with Gasteiger partial charge in [-0.3, -0.25) is 0 Å². The van der Waals surface area contributed by atoms with Crippen molar-refractivity contribution in [1.82, 2.24) is 0 Å². The van der Waals surface area contributed by atoms with Crippen LogP contribution < -0.4 is 10.6 Å². The van der Waals surface area contributed by atoms with Gasteiger partial charge < -0.3 is 10.6 Å². The van der Waals surface area contributed by atoms with E-state index in [1.54, 1.807) is 0 Å². The van der Waals surface area contributed by atoms with Crippen LogP contribution in [0, 0.1) is 18.3 Å². The van der Waals surface area contributed by atoms with E-state index in [1.165, 1.54) is 5.56 Å². The molecule has 0 atom stereocenters. The zero-order chi connectivity index (χ0) is 13.8. The molecule has 0 radical (unpaired) electrons. The molecule has 2 N–H and O–H groups in total. The number of hydrogen-bond acceptors (Lipinski definition) is 3. The van der Waals surface area contributed by atoms with Crippen LogP contribution in [0.4, 0.5) is 11.4 Å². The van der Waals surface area contributed by atoms with Crippen LogP contribution in [0.5, 0.6) is 0 Å². The Hall–Kier alpha value is -2.47. The van der Waals surface area contributed by atoms with Gasteiger partial charge in [0, 0.05) is 25.0 Å². The van der Waals surface area contributed by atoms with E-state index < -0.39 is 0 Å². The first-order valence-corrected chi connectivity index (χ1v) is 6.17. The van der Waals surface area contributed by atoms with Crippen LogP contribution in [0.15, 0.2) is 42.5 Å². The van der Waals surface area contributed by atoms with Crippen LogP contribution in [0.3, 0.4) is 0 Å². The Morgan fingerprint density at radius 2 is 1.84 bits per heavy atom. The van der Waals surface area contributed by atoms with Crippen molar-refractivity contribution in [3.63, 3.8) is 0 Å². The predicted molar refractivity (Wildman–Crippen MR) is 78.9 cm³/mol. The normalized spacial score (nSPS) is 9.95. The Morgan fingerprint density at radius 1 is 1.16 bits per heavy atom. The maximum absolute atomic E-state index is 8.79. The SMILES string of the molecule is Cc1c(N)cccc1CN(C)c1ccc(C#N)cc1. The van der Waals surface area contributed by atoms with Crippen LogP contribution in [-0.2, 0) is 6.54 Å². The summed E-state index contributed by atoms with van der Waals surface area (Å²) in [7, 11) is 2.03. The van der Waals surface area contributed by atoms with E-state index in [-0.39, 0.29) is 0 Å². The molecular formula is C16H17N3. The zero-order valence-electron chi connectivity index (χ0n) is 11.2. The first kappa shape index (κ1) is 13.0. The van der Waals surface area contributed by atoms with E-state index in [9.17, 15) is 0 Å². The lowest BCUT2D eigenvalue weighted by molar-refractivity contribution is 0.915. The van der Waals surface area contributed by atoms with Crippen molar-refractivity contribution in [2.45, 2.75) is 13.5 Å². The summed E-state index contributed by atoms with van der Waals surface area (Å²) in [6, 6.07) is 15.7. The van der Waals surface area contributed by atoms with E-state index in [4.69, 9.17) is 11.0 Å². The number of nitrogen functional groups attached to an aromatic ring is 1. The van der Waals surface area contributed by atoms with Crippen LogP contribution in [0.1, 0.15) is 16.7 Å². The highest BCUT2D eigenvalue weighted by molar-refractivity contribution is 5.53. The molecule has 0 saturated carbocycles. The van der Waals surface area contributed by atoms with Gasteiger partial charge in [-0.05, 0) is 48.4 Å². The minimum absolute atomic E-state index is 0.678. The highest BCUT2D eigenvalue weighted by Crippen LogP contribution is 2.20. The molecule has 96 valence electrons. The summed E-state index contributed by atoms with van der Waals surface area (Å²) in [5, 5.41) is 8.79. The lowest BCUT2D eigenvalue weighted by atomic mass is 10.1. The molecule has 3 nitrogen and oxygen atoms in total. The summed E-state index contributed by atoms with van der Waals surface area (Å²) in [4.78, 5) is 2.14. The fourth-order valence-electron chi connectivity index (χ4n) is 2.01. The molecule has 2 aromatic carbocycles. The van der Waals surface area contributed by atoms with Gasteiger partial charge in [0.05, 0.1) is 11.6 Å². The highest BCUT2D eigenvalue weighted by Gasteiger charge is 2.06. The van der Waals surface area contributed by atoms with Gasteiger partial charge in [0.1, 0.15) is 0 Å². The van der Waals surface area contributed by atoms with Crippen LogP contribution in [0.2, 0.25) is 0 Å². The average molecular weight is 251 g/mol. The quantitative estimate of drug-likeness (QED) is 0.853. The molecule has 0 aromatic heterocycles. The van der Waals surface area contributed by atoms with E-state index >= 15 is 0 Å². The summed E-state index contributed by atoms with van der Waals surface area (Å²) in [6.45, 7) is 2.83. The van der Waals surface area contributed by atoms with Crippen LogP contribution >= 0.6 is 0 Å². The molecule has 0 fully saturated rings. The van der Waals surface area contributed by atoms with Crippen molar-refractivity contribution in [2.75, 3.05) is 17.7 Å². The molecule has 0 aliphatic carbocycles. The fourth-order valence-corrected chi connectivity index (χ4v) is 2.01. The third-order valence-corrected chi connectivity index (χ3v) is 3.33. The number of benzene rings is 2. The smallest absolute Gasteiger partial charge is 0.0991 e. The third kappa shape index (κ3) is 2.86. The second kappa shape index (κ2) is 5.45. The average Bonchev–Trinajstić information content (AvgIpc) is 2.44. The Labute approximate surface area is 113 Å². The monoisotopic (exact) mass is 251 g/mol. The number of nitrogens with zero attached hydrogens (tertiary/aromatic N) is 2. The van der Waals surface area contributed by atoms with E-state index in [0.717, 1.165) is 23.5 Å². The minimum Gasteiger partial charge on any atom is -0.399 e. The number of anilines is 2. The van der Waals surface area contributed by atoms with Gasteiger partial charge >= 0.3 is 0 Å². The summed E-state index contributed by atoms with van der Waals surface area (Å²) in [5.41, 5.74) is 10.8. The van der Waals surface area contributed by atoms with Gasteiger partial charge in [-0.25, -0.2) is 0 Å². The van der Waals surface area contributed by atoms with Crippen LogP contribution in [-0.4, -0.2) is 7.05 Å². The van der Waals surface area contributed by atoms with Crippen molar-refractivity contribution in [1.29, 1.82) is 5.26 Å². The topological polar surface area (TPSA) is 53.0 Å². The largest absolute Gasteiger partial charge is 0.399 e. The molecule has 0 bridgehead atoms. The second-order valence-electron chi connectivity index (χ2n) is 4.65. The van der Waals surface area contributed by atoms with E-state index in [1.807, 2.05) is 50.4 Å². The van der Waals surface area contributed by atoms with E-state index in [0.29, 0.717) is 5.56 Å². The highest BCUT2D eigenvalue weighted by atomic mass is 15.1. The molecule has 0 aliphatic heterocycles. The van der Waals surface area contributed by atoms with Gasteiger partial charge in [0.25, 0.3) is 0 Å². The molecule has 2 aromatic rings. The molecule has 0 amide bonds. The molecule has 0 saturated heterocycles. The molecular weight excluding hydrogens is 234 g/mol. The maximum atomic E-state index is 8.79. The summed E-state index contributed by atoms with van der Waals surface area (Å²) in [6.07, 6.45) is 0. The Kier molecular flexibility index (Phi) is 3.72. The molecule has 0 aliphatic rings. The Bertz CT molecular complexity index is 609. The van der Waals surface area contributed by atoms with Gasteiger partial charge in [-0.2, -0.15) is 5.26 Å². The van der Waals surface area contributed by atoms with Gasteiger partial charge in [-0.1, -0.05) is 12.1 Å². The van der Waals surface area contributed by atoms with Gasteiger partial charge in [-0.15, -0.1) is 0 Å². The summed E-state index contributed by atoms with van der Waals surface area (Å²) in [5.74, 6) is 0. The number of nitriles is 1. The lowest BCUT2D eigenvalue weighted by Crippen LogP contribution is -2.17.